The van der Waals surface area contributed by atoms with Crippen molar-refractivity contribution < 1.29 is 4.79 Å². The molecular weight excluding hydrogens is 250 g/mol. The van der Waals surface area contributed by atoms with Gasteiger partial charge in [-0.05, 0) is 58.4 Å². The summed E-state index contributed by atoms with van der Waals surface area (Å²) in [6.07, 6.45) is 5.23. The molecule has 1 aromatic rings. The van der Waals surface area contributed by atoms with Crippen LogP contribution in [0.2, 0.25) is 0 Å². The van der Waals surface area contributed by atoms with E-state index in [1.165, 1.54) is 12.8 Å². The molecule has 1 unspecified atom stereocenters. The number of aryl methyl sites for hydroxylation is 2. The van der Waals surface area contributed by atoms with Gasteiger partial charge in [-0.2, -0.15) is 5.10 Å². The molecule has 0 bridgehead atoms. The first-order valence-electron chi connectivity index (χ1n) is 7.78. The van der Waals surface area contributed by atoms with Crippen LogP contribution in [0.4, 0.5) is 0 Å². The molecule has 0 spiro atoms. The molecular formula is C16H27N3O. The molecule has 1 aliphatic rings. The second-order valence-corrected chi connectivity index (χ2v) is 6.45. The second kappa shape index (κ2) is 6.42. The van der Waals surface area contributed by atoms with Crippen molar-refractivity contribution in [2.24, 2.45) is 5.92 Å². The molecule has 1 amide bonds. The smallest absolute Gasteiger partial charge is 0.222 e. The van der Waals surface area contributed by atoms with E-state index < -0.39 is 0 Å². The predicted octanol–water partition coefficient (Wildman–Crippen LogP) is 3.15. The van der Waals surface area contributed by atoms with E-state index in [-0.39, 0.29) is 11.9 Å². The van der Waals surface area contributed by atoms with Crippen molar-refractivity contribution in [3.05, 3.63) is 17.5 Å². The monoisotopic (exact) mass is 277 g/mol. The standard InChI is InChI=1S/C16H27N3O/c1-11-5-7-15(8-6-11)17-16(20)10-14(4)19-13(3)9-12(2)18-19/h9,11,14-15H,5-8,10H2,1-4H3,(H,17,20). The highest BCUT2D eigenvalue weighted by molar-refractivity contribution is 5.76. The minimum Gasteiger partial charge on any atom is -0.353 e. The van der Waals surface area contributed by atoms with Gasteiger partial charge in [0.05, 0.1) is 11.7 Å². The van der Waals surface area contributed by atoms with Gasteiger partial charge in [0.15, 0.2) is 0 Å². The molecule has 112 valence electrons. The molecule has 1 aromatic heterocycles. The molecule has 4 heteroatoms. The fourth-order valence-electron chi connectivity index (χ4n) is 3.14. The Hall–Kier alpha value is -1.32. The molecule has 1 fully saturated rings. The Balaban J connectivity index is 1.83. The molecule has 1 N–H and O–H groups in total. The molecule has 0 aliphatic heterocycles. The van der Waals surface area contributed by atoms with Gasteiger partial charge in [-0.1, -0.05) is 6.92 Å². The summed E-state index contributed by atoms with van der Waals surface area (Å²) < 4.78 is 1.96. The number of aromatic nitrogens is 2. The largest absolute Gasteiger partial charge is 0.353 e. The highest BCUT2D eigenvalue weighted by Gasteiger charge is 2.21. The van der Waals surface area contributed by atoms with E-state index in [0.717, 1.165) is 30.1 Å². The van der Waals surface area contributed by atoms with Gasteiger partial charge in [0, 0.05) is 18.2 Å². The zero-order valence-corrected chi connectivity index (χ0v) is 13.1. The number of nitrogens with zero attached hydrogens (tertiary/aromatic N) is 2. The van der Waals surface area contributed by atoms with Gasteiger partial charge in [-0.3, -0.25) is 9.48 Å². The van der Waals surface area contributed by atoms with Crippen LogP contribution in [-0.2, 0) is 4.79 Å². The summed E-state index contributed by atoms with van der Waals surface area (Å²) in [5, 5.41) is 7.64. The summed E-state index contributed by atoms with van der Waals surface area (Å²) in [4.78, 5) is 12.1. The van der Waals surface area contributed by atoms with Crippen LogP contribution in [0, 0.1) is 19.8 Å². The Morgan fingerprint density at radius 3 is 2.60 bits per heavy atom. The van der Waals surface area contributed by atoms with E-state index in [0.29, 0.717) is 12.5 Å². The fourth-order valence-corrected chi connectivity index (χ4v) is 3.14. The number of carbonyl (C=O) groups is 1. The van der Waals surface area contributed by atoms with Crippen LogP contribution in [0.1, 0.15) is 63.4 Å². The number of hydrogen-bond donors (Lipinski definition) is 1. The molecule has 1 saturated carbocycles. The van der Waals surface area contributed by atoms with Gasteiger partial charge < -0.3 is 5.32 Å². The molecule has 4 nitrogen and oxygen atoms in total. The zero-order chi connectivity index (χ0) is 14.7. The highest BCUT2D eigenvalue weighted by Crippen LogP contribution is 2.23. The molecule has 0 aromatic carbocycles. The van der Waals surface area contributed by atoms with Crippen LogP contribution in [0.15, 0.2) is 6.07 Å². The fraction of sp³-hybridized carbons (Fsp3) is 0.750. The van der Waals surface area contributed by atoms with Crippen molar-refractivity contribution in [3.8, 4) is 0 Å². The number of rotatable bonds is 4. The van der Waals surface area contributed by atoms with Gasteiger partial charge >= 0.3 is 0 Å². The van der Waals surface area contributed by atoms with Gasteiger partial charge in [0.1, 0.15) is 0 Å². The lowest BCUT2D eigenvalue weighted by atomic mass is 9.87. The quantitative estimate of drug-likeness (QED) is 0.919. The van der Waals surface area contributed by atoms with Crippen LogP contribution in [0.5, 0.6) is 0 Å². The molecule has 0 saturated heterocycles. The summed E-state index contributed by atoms with van der Waals surface area (Å²) >= 11 is 0. The number of amides is 1. The van der Waals surface area contributed by atoms with Gasteiger partial charge in [-0.15, -0.1) is 0 Å². The van der Waals surface area contributed by atoms with Crippen molar-refractivity contribution in [1.82, 2.24) is 15.1 Å². The first kappa shape index (κ1) is 15.1. The first-order chi connectivity index (χ1) is 9.45. The predicted molar refractivity (Wildman–Crippen MR) is 80.6 cm³/mol. The summed E-state index contributed by atoms with van der Waals surface area (Å²) in [7, 11) is 0. The zero-order valence-electron chi connectivity index (χ0n) is 13.1. The molecule has 1 aliphatic carbocycles. The lowest BCUT2D eigenvalue weighted by molar-refractivity contribution is -0.122. The third-order valence-corrected chi connectivity index (χ3v) is 4.32. The average molecular weight is 277 g/mol. The Labute approximate surface area is 121 Å². The van der Waals surface area contributed by atoms with E-state index in [9.17, 15) is 4.79 Å². The highest BCUT2D eigenvalue weighted by atomic mass is 16.1. The number of nitrogens with one attached hydrogen (secondary N) is 1. The van der Waals surface area contributed by atoms with E-state index in [2.05, 4.69) is 30.3 Å². The first-order valence-corrected chi connectivity index (χ1v) is 7.78. The van der Waals surface area contributed by atoms with E-state index in [4.69, 9.17) is 0 Å². The third kappa shape index (κ3) is 3.84. The van der Waals surface area contributed by atoms with E-state index in [1.54, 1.807) is 0 Å². The topological polar surface area (TPSA) is 46.9 Å². The maximum absolute atomic E-state index is 12.1. The summed E-state index contributed by atoms with van der Waals surface area (Å²) in [6, 6.07) is 2.55. The van der Waals surface area contributed by atoms with Crippen molar-refractivity contribution in [2.75, 3.05) is 0 Å². The number of hydrogen-bond acceptors (Lipinski definition) is 2. The lowest BCUT2D eigenvalue weighted by Gasteiger charge is -2.27. The second-order valence-electron chi connectivity index (χ2n) is 6.45. The van der Waals surface area contributed by atoms with Gasteiger partial charge in [-0.25, -0.2) is 0 Å². The molecule has 1 heterocycles. The minimum atomic E-state index is 0.117. The Morgan fingerprint density at radius 2 is 2.05 bits per heavy atom. The van der Waals surface area contributed by atoms with Crippen LogP contribution < -0.4 is 5.32 Å². The Kier molecular flexibility index (Phi) is 4.84. The van der Waals surface area contributed by atoms with Crippen molar-refractivity contribution in [1.29, 1.82) is 0 Å². The van der Waals surface area contributed by atoms with Crippen molar-refractivity contribution >= 4 is 5.91 Å². The maximum Gasteiger partial charge on any atom is 0.222 e. The molecule has 0 radical (unpaired) electrons. The lowest BCUT2D eigenvalue weighted by Crippen LogP contribution is -2.38. The van der Waals surface area contributed by atoms with Gasteiger partial charge in [0.25, 0.3) is 0 Å². The maximum atomic E-state index is 12.1. The normalized spacial score (nSPS) is 24.4. The van der Waals surface area contributed by atoms with E-state index >= 15 is 0 Å². The number of carbonyl (C=O) groups excluding carboxylic acids is 1. The SMILES string of the molecule is Cc1cc(C)n(C(C)CC(=O)NC2CCC(C)CC2)n1. The van der Waals surface area contributed by atoms with Crippen molar-refractivity contribution in [2.45, 2.75) is 71.9 Å². The summed E-state index contributed by atoms with van der Waals surface area (Å²) in [5.41, 5.74) is 2.13. The Bertz CT molecular complexity index is 458. The van der Waals surface area contributed by atoms with Gasteiger partial charge in [0.2, 0.25) is 5.91 Å². The molecule has 20 heavy (non-hydrogen) atoms. The molecule has 1 atom stereocenters. The summed E-state index contributed by atoms with van der Waals surface area (Å²) in [5.74, 6) is 0.974. The Morgan fingerprint density at radius 1 is 1.40 bits per heavy atom. The minimum absolute atomic E-state index is 0.117. The average Bonchev–Trinajstić information content (AvgIpc) is 2.71. The summed E-state index contributed by atoms with van der Waals surface area (Å²) in [6.45, 7) is 8.38. The van der Waals surface area contributed by atoms with Crippen molar-refractivity contribution in [3.63, 3.8) is 0 Å². The molecule has 2 rings (SSSR count). The van der Waals surface area contributed by atoms with Crippen LogP contribution >= 0.6 is 0 Å². The third-order valence-electron chi connectivity index (χ3n) is 4.32. The van der Waals surface area contributed by atoms with Crippen LogP contribution in [0.3, 0.4) is 0 Å². The van der Waals surface area contributed by atoms with Crippen LogP contribution in [0.25, 0.3) is 0 Å². The van der Waals surface area contributed by atoms with E-state index in [1.807, 2.05) is 18.5 Å². The van der Waals surface area contributed by atoms with Crippen LogP contribution in [-0.4, -0.2) is 21.7 Å².